The summed E-state index contributed by atoms with van der Waals surface area (Å²) < 4.78 is 0. The van der Waals surface area contributed by atoms with E-state index >= 15 is 0 Å². The SMILES string of the molecule is CC[C@]1(c2ccccc2)NC(=O)N(CN2CCN(c3cc(C#N)ccn3)CC2)C1=O. The first-order chi connectivity index (χ1) is 14.6. The van der Waals surface area contributed by atoms with Crippen LogP contribution in [0.15, 0.2) is 48.7 Å². The molecule has 154 valence electrons. The zero-order valence-electron chi connectivity index (χ0n) is 16.9. The number of aromatic nitrogens is 1. The first-order valence-electron chi connectivity index (χ1n) is 10.1. The van der Waals surface area contributed by atoms with Gasteiger partial charge in [-0.1, -0.05) is 37.3 Å². The quantitative estimate of drug-likeness (QED) is 0.765. The van der Waals surface area contributed by atoms with Gasteiger partial charge in [0, 0.05) is 32.4 Å². The van der Waals surface area contributed by atoms with Crippen molar-refractivity contribution in [2.45, 2.75) is 18.9 Å². The zero-order valence-corrected chi connectivity index (χ0v) is 16.9. The van der Waals surface area contributed by atoms with Gasteiger partial charge in [-0.25, -0.2) is 14.7 Å². The second-order valence-electron chi connectivity index (χ2n) is 7.55. The number of benzene rings is 1. The van der Waals surface area contributed by atoms with Gasteiger partial charge >= 0.3 is 6.03 Å². The molecule has 2 fully saturated rings. The summed E-state index contributed by atoms with van der Waals surface area (Å²) in [6, 6.07) is 14.7. The maximum absolute atomic E-state index is 13.3. The summed E-state index contributed by atoms with van der Waals surface area (Å²) in [6.45, 7) is 4.99. The number of nitriles is 1. The number of hydrogen-bond acceptors (Lipinski definition) is 6. The third-order valence-electron chi connectivity index (χ3n) is 5.88. The third-order valence-corrected chi connectivity index (χ3v) is 5.88. The van der Waals surface area contributed by atoms with Gasteiger partial charge in [-0.15, -0.1) is 0 Å². The number of imide groups is 1. The van der Waals surface area contributed by atoms with E-state index in [-0.39, 0.29) is 18.6 Å². The van der Waals surface area contributed by atoms with Crippen LogP contribution in [0.2, 0.25) is 0 Å². The standard InChI is InChI=1S/C22H24N6O2/c1-2-22(18-6-4-3-5-7-18)20(29)28(21(30)25-22)16-26-10-12-27(13-11-26)19-14-17(15-23)8-9-24-19/h3-9,14H,2,10-13,16H2,1H3,(H,25,30)/t22-/m1/s1. The lowest BCUT2D eigenvalue weighted by Crippen LogP contribution is -2.52. The lowest BCUT2D eigenvalue weighted by molar-refractivity contribution is -0.133. The predicted molar refractivity (Wildman–Crippen MR) is 111 cm³/mol. The largest absolute Gasteiger partial charge is 0.354 e. The van der Waals surface area contributed by atoms with Crippen LogP contribution in [0, 0.1) is 11.3 Å². The van der Waals surface area contributed by atoms with Crippen LogP contribution < -0.4 is 10.2 Å². The minimum Gasteiger partial charge on any atom is -0.354 e. The minimum absolute atomic E-state index is 0.202. The predicted octanol–water partition coefficient (Wildman–Crippen LogP) is 1.89. The summed E-state index contributed by atoms with van der Waals surface area (Å²) in [6.07, 6.45) is 2.13. The highest BCUT2D eigenvalue weighted by atomic mass is 16.2. The number of piperazine rings is 1. The summed E-state index contributed by atoms with van der Waals surface area (Å²) in [4.78, 5) is 35.8. The van der Waals surface area contributed by atoms with Crippen LogP contribution in [0.1, 0.15) is 24.5 Å². The van der Waals surface area contributed by atoms with E-state index in [0.29, 0.717) is 38.2 Å². The summed E-state index contributed by atoms with van der Waals surface area (Å²) >= 11 is 0. The molecule has 2 saturated heterocycles. The van der Waals surface area contributed by atoms with E-state index in [0.717, 1.165) is 11.4 Å². The molecular formula is C22H24N6O2. The molecule has 0 radical (unpaired) electrons. The fraction of sp³-hybridized carbons (Fsp3) is 0.364. The molecule has 8 nitrogen and oxygen atoms in total. The number of anilines is 1. The molecule has 2 aliphatic heterocycles. The van der Waals surface area contributed by atoms with Crippen molar-refractivity contribution in [2.75, 3.05) is 37.7 Å². The van der Waals surface area contributed by atoms with Gasteiger partial charge in [0.05, 0.1) is 18.3 Å². The van der Waals surface area contributed by atoms with Gasteiger partial charge in [-0.05, 0) is 24.1 Å². The molecule has 1 N–H and O–H groups in total. The normalized spacial score (nSPS) is 22.1. The molecule has 1 aromatic carbocycles. The molecule has 0 unspecified atom stereocenters. The molecule has 1 atom stereocenters. The van der Waals surface area contributed by atoms with E-state index < -0.39 is 5.54 Å². The molecule has 3 amide bonds. The minimum atomic E-state index is -0.998. The Morgan fingerprint density at radius 1 is 1.13 bits per heavy atom. The molecule has 8 heteroatoms. The number of amides is 3. The van der Waals surface area contributed by atoms with Gasteiger partial charge in [0.25, 0.3) is 5.91 Å². The van der Waals surface area contributed by atoms with Gasteiger partial charge in [-0.3, -0.25) is 9.69 Å². The number of carbonyl (C=O) groups is 2. The highest BCUT2D eigenvalue weighted by Gasteiger charge is 2.51. The Kier molecular flexibility index (Phi) is 5.38. The van der Waals surface area contributed by atoms with E-state index in [2.05, 4.69) is 26.2 Å². The van der Waals surface area contributed by atoms with Crippen LogP contribution >= 0.6 is 0 Å². The lowest BCUT2D eigenvalue weighted by atomic mass is 9.87. The van der Waals surface area contributed by atoms with Crippen molar-refractivity contribution in [3.05, 3.63) is 59.8 Å². The Labute approximate surface area is 175 Å². The summed E-state index contributed by atoms with van der Waals surface area (Å²) in [5, 5.41) is 12.0. The molecule has 0 bridgehead atoms. The van der Waals surface area contributed by atoms with Gasteiger partial charge in [0.2, 0.25) is 0 Å². The van der Waals surface area contributed by atoms with Crippen molar-refractivity contribution < 1.29 is 9.59 Å². The van der Waals surface area contributed by atoms with Crippen LogP contribution in [0.3, 0.4) is 0 Å². The van der Waals surface area contributed by atoms with Crippen molar-refractivity contribution in [2.24, 2.45) is 0 Å². The molecule has 0 spiro atoms. The number of pyridine rings is 1. The molecule has 30 heavy (non-hydrogen) atoms. The average Bonchev–Trinajstić information content (AvgIpc) is 3.05. The molecule has 1 aromatic heterocycles. The van der Waals surface area contributed by atoms with Crippen LogP contribution in [0.5, 0.6) is 0 Å². The van der Waals surface area contributed by atoms with Crippen LogP contribution in [-0.2, 0) is 10.3 Å². The summed E-state index contributed by atoms with van der Waals surface area (Å²) in [5.74, 6) is 0.574. The lowest BCUT2D eigenvalue weighted by Gasteiger charge is -2.36. The highest BCUT2D eigenvalue weighted by Crippen LogP contribution is 2.32. The van der Waals surface area contributed by atoms with E-state index in [1.165, 1.54) is 4.90 Å². The van der Waals surface area contributed by atoms with Crippen molar-refractivity contribution >= 4 is 17.8 Å². The van der Waals surface area contributed by atoms with E-state index in [4.69, 9.17) is 5.26 Å². The van der Waals surface area contributed by atoms with Crippen LogP contribution in [0.4, 0.5) is 10.6 Å². The maximum Gasteiger partial charge on any atom is 0.326 e. The molecule has 2 aliphatic rings. The Balaban J connectivity index is 1.42. The highest BCUT2D eigenvalue weighted by molar-refractivity contribution is 6.07. The second kappa shape index (κ2) is 8.13. The molecule has 0 saturated carbocycles. The van der Waals surface area contributed by atoms with Gasteiger partial charge in [-0.2, -0.15) is 5.26 Å². The molecule has 0 aliphatic carbocycles. The molecular weight excluding hydrogens is 380 g/mol. The van der Waals surface area contributed by atoms with Gasteiger partial charge < -0.3 is 10.2 Å². The second-order valence-corrected chi connectivity index (χ2v) is 7.55. The third kappa shape index (κ3) is 3.48. The summed E-state index contributed by atoms with van der Waals surface area (Å²) in [5.41, 5.74) is 0.391. The van der Waals surface area contributed by atoms with Crippen LogP contribution in [0.25, 0.3) is 0 Å². The van der Waals surface area contributed by atoms with Crippen molar-refractivity contribution in [3.8, 4) is 6.07 Å². The smallest absolute Gasteiger partial charge is 0.326 e. The summed E-state index contributed by atoms with van der Waals surface area (Å²) in [7, 11) is 0. The number of hydrogen-bond donors (Lipinski definition) is 1. The Bertz CT molecular complexity index is 981. The number of urea groups is 1. The van der Waals surface area contributed by atoms with Crippen molar-refractivity contribution in [3.63, 3.8) is 0 Å². The van der Waals surface area contributed by atoms with Crippen molar-refractivity contribution in [1.29, 1.82) is 5.26 Å². The Hall–Kier alpha value is -3.44. The number of nitrogens with one attached hydrogen (secondary N) is 1. The zero-order chi connectivity index (χ0) is 21.1. The monoisotopic (exact) mass is 404 g/mol. The van der Waals surface area contributed by atoms with E-state index in [9.17, 15) is 9.59 Å². The number of carbonyl (C=O) groups excluding carboxylic acids is 2. The topological polar surface area (TPSA) is 92.6 Å². The fourth-order valence-electron chi connectivity index (χ4n) is 4.10. The molecule has 2 aromatic rings. The maximum atomic E-state index is 13.3. The number of nitrogens with zero attached hydrogens (tertiary/aromatic N) is 5. The Morgan fingerprint density at radius 3 is 2.53 bits per heavy atom. The fourth-order valence-corrected chi connectivity index (χ4v) is 4.10. The van der Waals surface area contributed by atoms with Crippen LogP contribution in [-0.4, -0.2) is 59.6 Å². The van der Waals surface area contributed by atoms with E-state index in [1.54, 1.807) is 18.3 Å². The molecule has 3 heterocycles. The first kappa shape index (κ1) is 19.9. The van der Waals surface area contributed by atoms with Gasteiger partial charge in [0.1, 0.15) is 11.4 Å². The first-order valence-corrected chi connectivity index (χ1v) is 10.1. The average molecular weight is 404 g/mol. The van der Waals surface area contributed by atoms with Crippen molar-refractivity contribution in [1.82, 2.24) is 20.1 Å². The Morgan fingerprint density at radius 2 is 1.87 bits per heavy atom. The number of rotatable bonds is 5. The van der Waals surface area contributed by atoms with E-state index in [1.807, 2.05) is 37.3 Å². The molecule has 4 rings (SSSR count). The van der Waals surface area contributed by atoms with Gasteiger partial charge in [0.15, 0.2) is 0 Å².